The number of nitrogens with zero attached hydrogens (tertiary/aromatic N) is 2. The minimum absolute atomic E-state index is 0.0568. The highest BCUT2D eigenvalue weighted by atomic mass is 16.5. The summed E-state index contributed by atoms with van der Waals surface area (Å²) in [6.07, 6.45) is 1.08. The molecule has 0 radical (unpaired) electrons. The van der Waals surface area contributed by atoms with Gasteiger partial charge in [-0.1, -0.05) is 0 Å². The maximum atomic E-state index is 9.58. The molecule has 0 bridgehead atoms. The molecule has 0 fully saturated rings. The Kier molecular flexibility index (Phi) is 4.86. The topological polar surface area (TPSA) is 95.5 Å². The van der Waals surface area contributed by atoms with Gasteiger partial charge < -0.3 is 20.5 Å². The first kappa shape index (κ1) is 13.4. The van der Waals surface area contributed by atoms with Crippen LogP contribution in [-0.2, 0) is 4.74 Å². The van der Waals surface area contributed by atoms with E-state index in [0.29, 0.717) is 18.8 Å². The predicted octanol–water partition coefficient (Wildman–Crippen LogP) is -0.191. The maximum Gasteiger partial charge on any atom is 0.141 e. The summed E-state index contributed by atoms with van der Waals surface area (Å²) in [6, 6.07) is 3.49. The van der Waals surface area contributed by atoms with E-state index in [-0.39, 0.29) is 5.84 Å². The SMILES string of the molecule is COCC(O)CN(C)c1ccc(C(=N)N)nc1. The van der Waals surface area contributed by atoms with Gasteiger partial charge in [-0.25, -0.2) is 0 Å². The smallest absolute Gasteiger partial charge is 0.141 e. The molecule has 0 saturated carbocycles. The highest BCUT2D eigenvalue weighted by Gasteiger charge is 2.09. The number of amidine groups is 1. The number of anilines is 1. The fraction of sp³-hybridized carbons (Fsp3) is 0.455. The van der Waals surface area contributed by atoms with Gasteiger partial charge in [0, 0.05) is 20.7 Å². The van der Waals surface area contributed by atoms with Crippen molar-refractivity contribution in [2.75, 3.05) is 32.2 Å². The van der Waals surface area contributed by atoms with Gasteiger partial charge in [0.25, 0.3) is 0 Å². The largest absolute Gasteiger partial charge is 0.389 e. The molecule has 1 unspecified atom stereocenters. The second-order valence-corrected chi connectivity index (χ2v) is 3.81. The number of rotatable bonds is 6. The van der Waals surface area contributed by atoms with Crippen LogP contribution >= 0.6 is 0 Å². The van der Waals surface area contributed by atoms with E-state index in [2.05, 4.69) is 4.98 Å². The second kappa shape index (κ2) is 6.17. The summed E-state index contributed by atoms with van der Waals surface area (Å²) in [4.78, 5) is 5.91. The number of likely N-dealkylation sites (N-methyl/N-ethyl adjacent to an activating group) is 1. The van der Waals surface area contributed by atoms with E-state index in [4.69, 9.17) is 15.9 Å². The van der Waals surface area contributed by atoms with Crippen LogP contribution in [0.15, 0.2) is 18.3 Å². The molecule has 1 atom stereocenters. The first-order chi connectivity index (χ1) is 8.04. The Balaban J connectivity index is 2.63. The number of nitrogens with two attached hydrogens (primary N) is 1. The quantitative estimate of drug-likeness (QED) is 0.471. The highest BCUT2D eigenvalue weighted by molar-refractivity contribution is 5.93. The number of nitrogen functional groups attached to an aromatic ring is 1. The first-order valence-corrected chi connectivity index (χ1v) is 5.23. The molecule has 0 saturated heterocycles. The number of pyridine rings is 1. The summed E-state index contributed by atoms with van der Waals surface area (Å²) in [5.41, 5.74) is 6.61. The van der Waals surface area contributed by atoms with Gasteiger partial charge in [-0.05, 0) is 12.1 Å². The van der Waals surface area contributed by atoms with Crippen LogP contribution in [0.3, 0.4) is 0 Å². The van der Waals surface area contributed by atoms with E-state index in [1.165, 1.54) is 0 Å². The summed E-state index contributed by atoms with van der Waals surface area (Å²) in [6.45, 7) is 0.748. The molecule has 0 amide bonds. The van der Waals surface area contributed by atoms with Crippen LogP contribution in [-0.4, -0.2) is 49.3 Å². The fourth-order valence-electron chi connectivity index (χ4n) is 1.44. The summed E-state index contributed by atoms with van der Waals surface area (Å²) < 4.78 is 4.85. The lowest BCUT2D eigenvalue weighted by Crippen LogP contribution is -2.32. The fourth-order valence-corrected chi connectivity index (χ4v) is 1.44. The third-order valence-electron chi connectivity index (χ3n) is 2.31. The molecule has 6 nitrogen and oxygen atoms in total. The van der Waals surface area contributed by atoms with Crippen LogP contribution in [0.2, 0.25) is 0 Å². The van der Waals surface area contributed by atoms with E-state index in [1.54, 1.807) is 19.4 Å². The van der Waals surface area contributed by atoms with Crippen LogP contribution in [0.25, 0.3) is 0 Å². The van der Waals surface area contributed by atoms with Gasteiger partial charge in [0.05, 0.1) is 24.6 Å². The third-order valence-corrected chi connectivity index (χ3v) is 2.31. The van der Waals surface area contributed by atoms with Gasteiger partial charge in [0.2, 0.25) is 0 Å². The molecule has 1 rings (SSSR count). The molecule has 1 aromatic rings. The molecule has 17 heavy (non-hydrogen) atoms. The van der Waals surface area contributed by atoms with E-state index in [9.17, 15) is 5.11 Å². The lowest BCUT2D eigenvalue weighted by molar-refractivity contribution is 0.0695. The van der Waals surface area contributed by atoms with Gasteiger partial charge in [-0.15, -0.1) is 0 Å². The summed E-state index contributed by atoms with van der Waals surface area (Å²) in [5, 5.41) is 16.8. The van der Waals surface area contributed by atoms with Crippen molar-refractivity contribution in [1.29, 1.82) is 5.41 Å². The molecule has 1 heterocycles. The average molecular weight is 238 g/mol. The van der Waals surface area contributed by atoms with Crippen molar-refractivity contribution in [1.82, 2.24) is 4.98 Å². The molecule has 0 aliphatic heterocycles. The van der Waals surface area contributed by atoms with Crippen LogP contribution < -0.4 is 10.6 Å². The van der Waals surface area contributed by atoms with Gasteiger partial charge in [-0.2, -0.15) is 0 Å². The molecular weight excluding hydrogens is 220 g/mol. The normalized spacial score (nSPS) is 12.2. The average Bonchev–Trinajstić information content (AvgIpc) is 2.29. The number of hydrogen-bond donors (Lipinski definition) is 3. The van der Waals surface area contributed by atoms with Crippen molar-refractivity contribution < 1.29 is 9.84 Å². The number of aliphatic hydroxyl groups is 1. The number of ether oxygens (including phenoxy) is 1. The zero-order valence-corrected chi connectivity index (χ0v) is 10.1. The summed E-state index contributed by atoms with van der Waals surface area (Å²) >= 11 is 0. The van der Waals surface area contributed by atoms with E-state index < -0.39 is 6.10 Å². The highest BCUT2D eigenvalue weighted by Crippen LogP contribution is 2.11. The zero-order chi connectivity index (χ0) is 12.8. The van der Waals surface area contributed by atoms with Crippen LogP contribution in [0.1, 0.15) is 5.69 Å². The first-order valence-electron chi connectivity index (χ1n) is 5.23. The van der Waals surface area contributed by atoms with E-state index in [0.717, 1.165) is 5.69 Å². The monoisotopic (exact) mass is 238 g/mol. The molecular formula is C11H18N4O2. The number of aliphatic hydroxyl groups excluding tert-OH is 1. The molecule has 0 aliphatic rings. The molecule has 0 aliphatic carbocycles. The minimum Gasteiger partial charge on any atom is -0.389 e. The summed E-state index contributed by atoms with van der Waals surface area (Å²) in [5.74, 6) is -0.0568. The lowest BCUT2D eigenvalue weighted by atomic mass is 10.3. The Morgan fingerprint density at radius 3 is 2.82 bits per heavy atom. The maximum absolute atomic E-state index is 9.58. The van der Waals surface area contributed by atoms with Crippen molar-refractivity contribution in [3.8, 4) is 0 Å². The van der Waals surface area contributed by atoms with Crippen molar-refractivity contribution in [3.05, 3.63) is 24.0 Å². The summed E-state index contributed by atoms with van der Waals surface area (Å²) in [7, 11) is 3.40. The molecule has 94 valence electrons. The van der Waals surface area contributed by atoms with Gasteiger partial charge in [-0.3, -0.25) is 10.4 Å². The van der Waals surface area contributed by atoms with Crippen LogP contribution in [0, 0.1) is 5.41 Å². The van der Waals surface area contributed by atoms with Crippen LogP contribution in [0.4, 0.5) is 5.69 Å². The third kappa shape index (κ3) is 4.01. The number of nitrogens with one attached hydrogen (secondary N) is 1. The molecule has 6 heteroatoms. The van der Waals surface area contributed by atoms with Crippen molar-refractivity contribution >= 4 is 11.5 Å². The number of aromatic nitrogens is 1. The number of hydrogen-bond acceptors (Lipinski definition) is 5. The Bertz CT molecular complexity index is 366. The van der Waals surface area contributed by atoms with Gasteiger partial charge in [0.1, 0.15) is 11.5 Å². The number of methoxy groups -OCH3 is 1. The second-order valence-electron chi connectivity index (χ2n) is 3.81. The van der Waals surface area contributed by atoms with Crippen LogP contribution in [0.5, 0.6) is 0 Å². The van der Waals surface area contributed by atoms with Gasteiger partial charge >= 0.3 is 0 Å². The zero-order valence-electron chi connectivity index (χ0n) is 10.1. The lowest BCUT2D eigenvalue weighted by Gasteiger charge is -2.22. The Morgan fingerprint density at radius 1 is 1.65 bits per heavy atom. The standard InChI is InChI=1S/C11H18N4O2/c1-15(6-9(16)7-17-2)8-3-4-10(11(12)13)14-5-8/h3-5,9,16H,6-7H2,1-2H3,(H3,12,13). The van der Waals surface area contributed by atoms with E-state index >= 15 is 0 Å². The van der Waals surface area contributed by atoms with Crippen molar-refractivity contribution in [2.45, 2.75) is 6.10 Å². The predicted molar refractivity (Wildman–Crippen MR) is 66.4 cm³/mol. The molecule has 0 aromatic carbocycles. The van der Waals surface area contributed by atoms with E-state index in [1.807, 2.05) is 18.0 Å². The Morgan fingerprint density at radius 2 is 2.35 bits per heavy atom. The minimum atomic E-state index is -0.544. The van der Waals surface area contributed by atoms with Gasteiger partial charge in [0.15, 0.2) is 0 Å². The van der Waals surface area contributed by atoms with Crippen molar-refractivity contribution in [2.24, 2.45) is 5.73 Å². The Labute approximate surface area is 101 Å². The molecule has 1 aromatic heterocycles. The van der Waals surface area contributed by atoms with Crippen molar-refractivity contribution in [3.63, 3.8) is 0 Å². The molecule has 4 N–H and O–H groups in total. The molecule has 0 spiro atoms. The Hall–Kier alpha value is -1.66.